The normalized spacial score (nSPS) is 13.5. The van der Waals surface area contributed by atoms with E-state index in [4.69, 9.17) is 4.42 Å². The maximum absolute atomic E-state index is 13.0. The average Bonchev–Trinajstić information content (AvgIpc) is 3.34. The monoisotopic (exact) mass is 442 g/mol. The van der Waals surface area contributed by atoms with Crippen molar-refractivity contribution in [3.8, 4) is 11.5 Å². The van der Waals surface area contributed by atoms with Gasteiger partial charge in [-0.15, -0.1) is 10.2 Å². The van der Waals surface area contributed by atoms with Gasteiger partial charge in [0.2, 0.25) is 5.89 Å². The topological polar surface area (TPSA) is 71.3 Å². The molecule has 4 aromatic rings. The van der Waals surface area contributed by atoms with Crippen LogP contribution in [0, 0.1) is 5.82 Å². The van der Waals surface area contributed by atoms with Crippen LogP contribution in [0.25, 0.3) is 11.5 Å². The van der Waals surface area contributed by atoms with Gasteiger partial charge in [0.15, 0.2) is 0 Å². The highest BCUT2D eigenvalue weighted by Crippen LogP contribution is 2.22. The lowest BCUT2D eigenvalue weighted by molar-refractivity contribution is 0.0917. The zero-order valence-electron chi connectivity index (χ0n) is 18.0. The number of fused-ring (bicyclic) bond motifs is 1. The molecule has 7 heteroatoms. The summed E-state index contributed by atoms with van der Waals surface area (Å²) in [6.45, 7) is 3.11. The van der Waals surface area contributed by atoms with Crippen molar-refractivity contribution in [1.29, 1.82) is 0 Å². The molecule has 0 bridgehead atoms. The summed E-state index contributed by atoms with van der Waals surface area (Å²) in [6.07, 6.45) is 1.07. The van der Waals surface area contributed by atoms with Crippen LogP contribution in [0.2, 0.25) is 0 Å². The predicted octanol–water partition coefficient (Wildman–Crippen LogP) is 4.36. The molecule has 3 aromatic carbocycles. The summed E-state index contributed by atoms with van der Waals surface area (Å²) in [5, 5.41) is 10.6. The molecule has 0 saturated heterocycles. The van der Waals surface area contributed by atoms with Gasteiger partial charge in [0.1, 0.15) is 5.82 Å². The number of rotatable bonds is 6. The second-order valence-electron chi connectivity index (χ2n) is 8.15. The summed E-state index contributed by atoms with van der Waals surface area (Å²) >= 11 is 0. The second-order valence-corrected chi connectivity index (χ2v) is 8.15. The molecule has 1 aromatic heterocycles. The summed E-state index contributed by atoms with van der Waals surface area (Å²) in [5.41, 5.74) is 5.58. The van der Waals surface area contributed by atoms with E-state index in [2.05, 4.69) is 44.7 Å². The molecule has 1 amide bonds. The molecule has 6 nitrogen and oxygen atoms in total. The number of hydrogen-bond acceptors (Lipinski definition) is 5. The molecule has 0 saturated carbocycles. The zero-order valence-corrected chi connectivity index (χ0v) is 18.0. The third-order valence-electron chi connectivity index (χ3n) is 5.80. The minimum Gasteiger partial charge on any atom is -0.412 e. The summed E-state index contributed by atoms with van der Waals surface area (Å²) in [5.74, 6) is -0.609. The van der Waals surface area contributed by atoms with Crippen LogP contribution in [-0.4, -0.2) is 27.5 Å². The quantitative estimate of drug-likeness (QED) is 0.480. The summed E-state index contributed by atoms with van der Waals surface area (Å²) in [6, 6.07) is 22.5. The molecule has 33 heavy (non-hydrogen) atoms. The van der Waals surface area contributed by atoms with E-state index in [0.717, 1.165) is 37.2 Å². The van der Waals surface area contributed by atoms with Crippen molar-refractivity contribution < 1.29 is 13.6 Å². The molecule has 0 radical (unpaired) electrons. The zero-order chi connectivity index (χ0) is 22.6. The lowest BCUT2D eigenvalue weighted by Gasteiger charge is -2.28. The van der Waals surface area contributed by atoms with E-state index in [1.807, 2.05) is 24.3 Å². The largest absolute Gasteiger partial charge is 0.412 e. The highest BCUT2D eigenvalue weighted by Gasteiger charge is 2.17. The third-order valence-corrected chi connectivity index (χ3v) is 5.80. The van der Waals surface area contributed by atoms with Gasteiger partial charge in [0.05, 0.1) is 0 Å². The van der Waals surface area contributed by atoms with Crippen LogP contribution >= 0.6 is 0 Å². The highest BCUT2D eigenvalue weighted by atomic mass is 19.1. The first kappa shape index (κ1) is 21.0. The van der Waals surface area contributed by atoms with E-state index in [0.29, 0.717) is 5.89 Å². The van der Waals surface area contributed by atoms with Crippen molar-refractivity contribution in [2.24, 2.45) is 0 Å². The Bertz CT molecular complexity index is 1250. The van der Waals surface area contributed by atoms with Crippen molar-refractivity contribution >= 4 is 5.91 Å². The molecule has 166 valence electrons. The van der Waals surface area contributed by atoms with Gasteiger partial charge in [-0.1, -0.05) is 48.5 Å². The second kappa shape index (κ2) is 9.34. The van der Waals surface area contributed by atoms with Gasteiger partial charge in [0, 0.05) is 31.7 Å². The van der Waals surface area contributed by atoms with Crippen LogP contribution in [0.15, 0.2) is 77.2 Å². The van der Waals surface area contributed by atoms with Gasteiger partial charge in [0.25, 0.3) is 0 Å². The van der Waals surface area contributed by atoms with E-state index in [1.165, 1.54) is 28.8 Å². The Hall–Kier alpha value is -3.84. The number of benzene rings is 3. The van der Waals surface area contributed by atoms with Gasteiger partial charge in [-0.05, 0) is 52.9 Å². The lowest BCUT2D eigenvalue weighted by Crippen LogP contribution is -2.29. The molecule has 1 aliphatic rings. The maximum atomic E-state index is 13.0. The first-order chi connectivity index (χ1) is 16.1. The molecular weight excluding hydrogens is 419 g/mol. The van der Waals surface area contributed by atoms with Crippen LogP contribution in [-0.2, 0) is 26.1 Å². The van der Waals surface area contributed by atoms with E-state index in [-0.39, 0.29) is 18.3 Å². The number of amides is 1. The van der Waals surface area contributed by atoms with Gasteiger partial charge < -0.3 is 9.73 Å². The van der Waals surface area contributed by atoms with Crippen molar-refractivity contribution in [2.45, 2.75) is 26.1 Å². The van der Waals surface area contributed by atoms with E-state index in [9.17, 15) is 9.18 Å². The first-order valence-corrected chi connectivity index (χ1v) is 10.9. The molecular formula is C26H23FN4O2. The summed E-state index contributed by atoms with van der Waals surface area (Å²) < 4.78 is 18.6. The van der Waals surface area contributed by atoms with Crippen molar-refractivity contribution in [3.63, 3.8) is 0 Å². The number of nitrogens with one attached hydrogen (secondary N) is 1. The molecule has 0 unspecified atom stereocenters. The van der Waals surface area contributed by atoms with Crippen LogP contribution in [0.1, 0.15) is 32.9 Å². The number of halogens is 1. The van der Waals surface area contributed by atoms with Gasteiger partial charge in [-0.3, -0.25) is 9.69 Å². The average molecular weight is 442 g/mol. The van der Waals surface area contributed by atoms with Crippen molar-refractivity contribution in [3.05, 3.63) is 107 Å². The van der Waals surface area contributed by atoms with Crippen molar-refractivity contribution in [1.82, 2.24) is 20.4 Å². The molecule has 1 N–H and O–H groups in total. The van der Waals surface area contributed by atoms with Crippen LogP contribution < -0.4 is 5.32 Å². The molecule has 0 atom stereocenters. The molecule has 1 aliphatic heterocycles. The minimum absolute atomic E-state index is 0.108. The molecule has 2 heterocycles. The van der Waals surface area contributed by atoms with E-state index < -0.39 is 5.91 Å². The minimum atomic E-state index is -0.472. The SMILES string of the molecule is O=C(NCc1ccc(F)cc1)c1nnc(-c2ccc(CN3CCc4ccccc4C3)cc2)o1. The smallest absolute Gasteiger partial charge is 0.309 e. The number of carbonyl (C=O) groups excluding carboxylic acids is 1. The van der Waals surface area contributed by atoms with E-state index >= 15 is 0 Å². The Labute approximate surface area is 191 Å². The van der Waals surface area contributed by atoms with Crippen LogP contribution in [0.5, 0.6) is 0 Å². The van der Waals surface area contributed by atoms with Crippen LogP contribution in [0.3, 0.4) is 0 Å². The molecule has 0 fully saturated rings. The fourth-order valence-electron chi connectivity index (χ4n) is 3.99. The number of nitrogens with zero attached hydrogens (tertiary/aromatic N) is 3. The van der Waals surface area contributed by atoms with Gasteiger partial charge in [-0.2, -0.15) is 0 Å². The van der Waals surface area contributed by atoms with Gasteiger partial charge in [-0.25, -0.2) is 4.39 Å². The van der Waals surface area contributed by atoms with Gasteiger partial charge >= 0.3 is 11.8 Å². The lowest BCUT2D eigenvalue weighted by atomic mass is 9.99. The Morgan fingerprint density at radius 1 is 0.939 bits per heavy atom. The van der Waals surface area contributed by atoms with E-state index in [1.54, 1.807) is 12.1 Å². The third kappa shape index (κ3) is 4.99. The number of hydrogen-bond donors (Lipinski definition) is 1. The highest BCUT2D eigenvalue weighted by molar-refractivity contribution is 5.89. The van der Waals surface area contributed by atoms with Crippen molar-refractivity contribution in [2.75, 3.05) is 6.54 Å². The standard InChI is InChI=1S/C26H23FN4O2/c27-23-11-7-18(8-12-23)15-28-24(32)26-30-29-25(33-26)21-9-5-19(6-10-21)16-31-14-13-20-3-1-2-4-22(20)17-31/h1-12H,13-17H2,(H,28,32). The fourth-order valence-corrected chi connectivity index (χ4v) is 3.99. The molecule has 0 spiro atoms. The number of aromatic nitrogens is 2. The molecule has 5 rings (SSSR count). The van der Waals surface area contributed by atoms with Crippen LogP contribution in [0.4, 0.5) is 4.39 Å². The summed E-state index contributed by atoms with van der Waals surface area (Å²) in [4.78, 5) is 14.7. The molecule has 0 aliphatic carbocycles. The fraction of sp³-hybridized carbons (Fsp3) is 0.192. The Kier molecular flexibility index (Phi) is 5.95. The predicted molar refractivity (Wildman–Crippen MR) is 122 cm³/mol. The first-order valence-electron chi connectivity index (χ1n) is 10.9. The Balaban J connectivity index is 1.18. The Morgan fingerprint density at radius 2 is 1.67 bits per heavy atom. The maximum Gasteiger partial charge on any atom is 0.309 e. The summed E-state index contributed by atoms with van der Waals surface area (Å²) in [7, 11) is 0. The number of carbonyl (C=O) groups is 1. The Morgan fingerprint density at radius 3 is 2.45 bits per heavy atom.